The zero-order valence-corrected chi connectivity index (χ0v) is 8.47. The van der Waals surface area contributed by atoms with Crippen molar-refractivity contribution in [1.29, 1.82) is 0 Å². The van der Waals surface area contributed by atoms with Gasteiger partial charge in [-0.3, -0.25) is 0 Å². The van der Waals surface area contributed by atoms with Gasteiger partial charge in [-0.1, -0.05) is 11.6 Å². The number of nitrogens with zero attached hydrogens (tertiary/aromatic N) is 2. The van der Waals surface area contributed by atoms with Gasteiger partial charge in [0, 0.05) is 6.54 Å². The first-order chi connectivity index (χ1) is 6.09. The van der Waals surface area contributed by atoms with E-state index in [-0.39, 0.29) is 5.28 Å². The molecule has 2 N–H and O–H groups in total. The molecule has 0 amide bonds. The maximum atomic E-state index is 8.99. The maximum absolute atomic E-state index is 8.99. The largest absolute Gasteiger partial charge is 0.392 e. The van der Waals surface area contributed by atoms with Crippen molar-refractivity contribution in [2.45, 2.75) is 13.0 Å². The van der Waals surface area contributed by atoms with Crippen molar-refractivity contribution in [3.63, 3.8) is 0 Å². The van der Waals surface area contributed by atoms with E-state index in [9.17, 15) is 0 Å². The lowest BCUT2D eigenvalue weighted by atomic mass is 10.4. The molecule has 0 saturated carbocycles. The van der Waals surface area contributed by atoms with Crippen molar-refractivity contribution in [2.24, 2.45) is 0 Å². The molecular weight excluding hydrogens is 213 g/mol. The van der Waals surface area contributed by atoms with Crippen LogP contribution in [0.5, 0.6) is 0 Å². The third kappa shape index (κ3) is 3.34. The van der Waals surface area contributed by atoms with Crippen LogP contribution in [0.3, 0.4) is 0 Å². The van der Waals surface area contributed by atoms with E-state index in [2.05, 4.69) is 15.3 Å². The van der Waals surface area contributed by atoms with Gasteiger partial charge in [0.2, 0.25) is 5.28 Å². The third-order valence-electron chi connectivity index (χ3n) is 1.28. The molecule has 1 heterocycles. The van der Waals surface area contributed by atoms with Gasteiger partial charge in [-0.2, -0.15) is 4.98 Å². The van der Waals surface area contributed by atoms with Crippen LogP contribution in [0.15, 0.2) is 6.20 Å². The molecule has 0 aliphatic carbocycles. The second kappa shape index (κ2) is 4.60. The minimum absolute atomic E-state index is 0.123. The second-order valence-corrected chi connectivity index (χ2v) is 3.31. The Labute approximate surface area is 85.9 Å². The van der Waals surface area contributed by atoms with Gasteiger partial charge in [0.25, 0.3) is 0 Å². The highest BCUT2D eigenvalue weighted by molar-refractivity contribution is 6.33. The van der Waals surface area contributed by atoms with Gasteiger partial charge >= 0.3 is 0 Å². The van der Waals surface area contributed by atoms with E-state index in [0.717, 1.165) is 0 Å². The molecule has 6 heteroatoms. The SMILES string of the molecule is CC(O)CNc1nc(Cl)ncc1Cl. The maximum Gasteiger partial charge on any atom is 0.224 e. The Morgan fingerprint density at radius 3 is 2.92 bits per heavy atom. The van der Waals surface area contributed by atoms with E-state index in [0.29, 0.717) is 17.4 Å². The molecule has 0 aromatic carbocycles. The number of halogens is 2. The van der Waals surface area contributed by atoms with Crippen molar-refractivity contribution in [3.05, 3.63) is 16.5 Å². The predicted octanol–water partition coefficient (Wildman–Crippen LogP) is 1.58. The van der Waals surface area contributed by atoms with Crippen molar-refractivity contribution < 1.29 is 5.11 Å². The summed E-state index contributed by atoms with van der Waals surface area (Å²) < 4.78 is 0. The number of aliphatic hydroxyl groups is 1. The monoisotopic (exact) mass is 221 g/mol. The van der Waals surface area contributed by atoms with Gasteiger partial charge in [0.1, 0.15) is 10.8 Å². The average Bonchev–Trinajstić information content (AvgIpc) is 2.06. The van der Waals surface area contributed by atoms with Gasteiger partial charge in [0.05, 0.1) is 12.3 Å². The van der Waals surface area contributed by atoms with E-state index in [1.807, 2.05) is 0 Å². The van der Waals surface area contributed by atoms with Crippen LogP contribution in [0.2, 0.25) is 10.3 Å². The topological polar surface area (TPSA) is 58.0 Å². The van der Waals surface area contributed by atoms with Crippen LogP contribution < -0.4 is 5.32 Å². The molecule has 13 heavy (non-hydrogen) atoms. The molecule has 72 valence electrons. The number of hydrogen-bond donors (Lipinski definition) is 2. The summed E-state index contributed by atoms with van der Waals surface area (Å²) in [5, 5.41) is 12.3. The van der Waals surface area contributed by atoms with Crippen LogP contribution in [0, 0.1) is 0 Å². The highest BCUT2D eigenvalue weighted by atomic mass is 35.5. The van der Waals surface area contributed by atoms with E-state index in [1.54, 1.807) is 6.92 Å². The van der Waals surface area contributed by atoms with Crippen LogP contribution in [0.1, 0.15) is 6.92 Å². The summed E-state index contributed by atoms with van der Waals surface area (Å²) in [7, 11) is 0. The first-order valence-electron chi connectivity index (χ1n) is 3.69. The van der Waals surface area contributed by atoms with Gasteiger partial charge in [0.15, 0.2) is 0 Å². The third-order valence-corrected chi connectivity index (χ3v) is 1.74. The summed E-state index contributed by atoms with van der Waals surface area (Å²) in [6, 6.07) is 0. The molecule has 0 aliphatic heterocycles. The number of aliphatic hydroxyl groups excluding tert-OH is 1. The second-order valence-electron chi connectivity index (χ2n) is 2.57. The molecule has 0 spiro atoms. The standard InChI is InChI=1S/C7H9Cl2N3O/c1-4(13)2-10-6-5(8)3-11-7(9)12-6/h3-4,13H,2H2,1H3,(H,10,11,12). The number of rotatable bonds is 3. The smallest absolute Gasteiger partial charge is 0.224 e. The van der Waals surface area contributed by atoms with Crippen LogP contribution >= 0.6 is 23.2 Å². The number of aromatic nitrogens is 2. The summed E-state index contributed by atoms with van der Waals surface area (Å²) in [6.45, 7) is 2.02. The average molecular weight is 222 g/mol. The molecule has 0 aliphatic rings. The van der Waals surface area contributed by atoms with Gasteiger partial charge in [-0.15, -0.1) is 0 Å². The quantitative estimate of drug-likeness (QED) is 0.762. The van der Waals surface area contributed by atoms with Crippen molar-refractivity contribution >= 4 is 29.0 Å². The lowest BCUT2D eigenvalue weighted by Crippen LogP contribution is -2.16. The van der Waals surface area contributed by atoms with E-state index in [4.69, 9.17) is 28.3 Å². The summed E-state index contributed by atoms with van der Waals surface area (Å²) >= 11 is 11.3. The Morgan fingerprint density at radius 2 is 2.31 bits per heavy atom. The first kappa shape index (κ1) is 10.5. The van der Waals surface area contributed by atoms with Crippen molar-refractivity contribution in [3.8, 4) is 0 Å². The Kier molecular flexibility index (Phi) is 3.71. The molecule has 1 unspecified atom stereocenters. The minimum atomic E-state index is -0.468. The Morgan fingerprint density at radius 1 is 1.62 bits per heavy atom. The van der Waals surface area contributed by atoms with Crippen LogP contribution in [-0.4, -0.2) is 27.7 Å². The molecule has 1 rings (SSSR count). The lowest BCUT2D eigenvalue weighted by Gasteiger charge is -2.08. The Balaban J connectivity index is 2.70. The first-order valence-corrected chi connectivity index (χ1v) is 4.45. The van der Waals surface area contributed by atoms with E-state index < -0.39 is 6.10 Å². The summed E-state index contributed by atoms with van der Waals surface area (Å²) in [5.74, 6) is 0.433. The van der Waals surface area contributed by atoms with Crippen molar-refractivity contribution in [1.82, 2.24) is 9.97 Å². The van der Waals surface area contributed by atoms with Crippen molar-refractivity contribution in [2.75, 3.05) is 11.9 Å². The molecule has 0 radical (unpaired) electrons. The number of nitrogens with one attached hydrogen (secondary N) is 1. The number of hydrogen-bond acceptors (Lipinski definition) is 4. The molecule has 4 nitrogen and oxygen atoms in total. The molecular formula is C7H9Cl2N3O. The fraction of sp³-hybridized carbons (Fsp3) is 0.429. The molecule has 0 saturated heterocycles. The summed E-state index contributed by atoms with van der Waals surface area (Å²) in [5.41, 5.74) is 0. The van der Waals surface area contributed by atoms with Crippen LogP contribution in [-0.2, 0) is 0 Å². The van der Waals surface area contributed by atoms with Crippen LogP contribution in [0.25, 0.3) is 0 Å². The zero-order chi connectivity index (χ0) is 9.84. The molecule has 0 fully saturated rings. The minimum Gasteiger partial charge on any atom is -0.392 e. The fourth-order valence-electron chi connectivity index (χ4n) is 0.714. The zero-order valence-electron chi connectivity index (χ0n) is 6.96. The van der Waals surface area contributed by atoms with Gasteiger partial charge in [-0.25, -0.2) is 4.98 Å². The lowest BCUT2D eigenvalue weighted by molar-refractivity contribution is 0.208. The molecule has 1 atom stereocenters. The van der Waals surface area contributed by atoms with Crippen LogP contribution in [0.4, 0.5) is 5.82 Å². The normalized spacial score (nSPS) is 12.6. The Hall–Kier alpha value is -0.580. The van der Waals surface area contributed by atoms with E-state index in [1.165, 1.54) is 6.20 Å². The van der Waals surface area contributed by atoms with Gasteiger partial charge < -0.3 is 10.4 Å². The van der Waals surface area contributed by atoms with E-state index >= 15 is 0 Å². The highest BCUT2D eigenvalue weighted by Gasteiger charge is 2.04. The number of anilines is 1. The Bertz CT molecular complexity index is 293. The summed E-state index contributed by atoms with van der Waals surface area (Å²) in [6.07, 6.45) is 0.936. The predicted molar refractivity (Wildman–Crippen MR) is 52.2 cm³/mol. The van der Waals surface area contributed by atoms with Gasteiger partial charge in [-0.05, 0) is 18.5 Å². The fourth-order valence-corrected chi connectivity index (χ4v) is 1.01. The summed E-state index contributed by atoms with van der Waals surface area (Å²) in [4.78, 5) is 7.53. The highest BCUT2D eigenvalue weighted by Crippen LogP contribution is 2.18. The molecule has 0 bridgehead atoms. The molecule has 1 aromatic rings. The molecule has 1 aromatic heterocycles.